The first-order valence-corrected chi connectivity index (χ1v) is 10.0. The highest BCUT2D eigenvalue weighted by atomic mass is 16.2. The highest BCUT2D eigenvalue weighted by molar-refractivity contribution is 5.83. The first-order valence-electron chi connectivity index (χ1n) is 10.0. The third kappa shape index (κ3) is 1.97. The van der Waals surface area contributed by atoms with Crippen molar-refractivity contribution in [3.05, 3.63) is 0 Å². The van der Waals surface area contributed by atoms with Gasteiger partial charge in [-0.25, -0.2) is 0 Å². The number of piperidine rings is 2. The summed E-state index contributed by atoms with van der Waals surface area (Å²) in [6.07, 6.45) is 8.54. The van der Waals surface area contributed by atoms with Crippen molar-refractivity contribution in [1.29, 1.82) is 5.26 Å². The zero-order valence-corrected chi connectivity index (χ0v) is 14.6. The first-order chi connectivity index (χ1) is 11.6. The Morgan fingerprint density at radius 1 is 1.04 bits per heavy atom. The minimum absolute atomic E-state index is 0.0917. The Balaban J connectivity index is 1.37. The van der Waals surface area contributed by atoms with Crippen LogP contribution in [0.3, 0.4) is 0 Å². The van der Waals surface area contributed by atoms with E-state index in [0.29, 0.717) is 29.6 Å². The van der Waals surface area contributed by atoms with Crippen LogP contribution in [0.25, 0.3) is 0 Å². The van der Waals surface area contributed by atoms with Crippen molar-refractivity contribution in [3.8, 4) is 6.07 Å². The number of nitrogens with zero attached hydrogens (tertiary/aromatic N) is 2. The van der Waals surface area contributed by atoms with Gasteiger partial charge in [-0.05, 0) is 86.4 Å². The van der Waals surface area contributed by atoms with Gasteiger partial charge in [-0.15, -0.1) is 0 Å². The smallest absolute Gasteiger partial charge is 0.241 e. The zero-order valence-electron chi connectivity index (χ0n) is 14.6. The molecule has 24 heavy (non-hydrogen) atoms. The molecule has 7 rings (SSSR count). The highest BCUT2D eigenvalue weighted by Gasteiger charge is 2.55. The van der Waals surface area contributed by atoms with Crippen LogP contribution in [-0.4, -0.2) is 28.9 Å². The molecule has 0 aromatic carbocycles. The van der Waals surface area contributed by atoms with Crippen LogP contribution in [0.1, 0.15) is 51.9 Å². The molecule has 1 amide bonds. The molecule has 6 bridgehead atoms. The van der Waals surface area contributed by atoms with E-state index in [2.05, 4.69) is 13.0 Å². The summed E-state index contributed by atoms with van der Waals surface area (Å²) in [5.41, 5.74) is 6.61. The lowest BCUT2D eigenvalue weighted by atomic mass is 9.50. The van der Waals surface area contributed by atoms with Crippen molar-refractivity contribution in [2.24, 2.45) is 47.2 Å². The minimum atomic E-state index is -0.375. The Morgan fingerprint density at radius 2 is 1.67 bits per heavy atom. The molecule has 0 radical (unpaired) electrons. The molecule has 2 saturated heterocycles. The molecule has 5 aliphatic carbocycles. The Labute approximate surface area is 144 Å². The van der Waals surface area contributed by atoms with E-state index < -0.39 is 0 Å². The molecular weight excluding hydrogens is 298 g/mol. The second-order valence-corrected chi connectivity index (χ2v) is 9.58. The Kier molecular flexibility index (Phi) is 3.30. The predicted octanol–water partition coefficient (Wildman–Crippen LogP) is 2.54. The fourth-order valence-corrected chi connectivity index (χ4v) is 7.49. The predicted molar refractivity (Wildman–Crippen MR) is 90.4 cm³/mol. The van der Waals surface area contributed by atoms with Crippen molar-refractivity contribution >= 4 is 5.91 Å². The van der Waals surface area contributed by atoms with E-state index in [1.807, 2.05) is 4.90 Å². The molecule has 5 saturated carbocycles. The van der Waals surface area contributed by atoms with Crippen molar-refractivity contribution < 1.29 is 4.79 Å². The van der Waals surface area contributed by atoms with Gasteiger partial charge in [-0.2, -0.15) is 5.26 Å². The van der Waals surface area contributed by atoms with Gasteiger partial charge in [-0.3, -0.25) is 4.79 Å². The average Bonchev–Trinajstić information content (AvgIpc) is 2.58. The summed E-state index contributed by atoms with van der Waals surface area (Å²) >= 11 is 0. The third-order valence-electron chi connectivity index (χ3n) is 8.52. The normalized spacial score (nSPS) is 52.5. The quantitative estimate of drug-likeness (QED) is 0.847. The number of nitriles is 1. The number of hydrogen-bond acceptors (Lipinski definition) is 3. The van der Waals surface area contributed by atoms with E-state index >= 15 is 0 Å². The summed E-state index contributed by atoms with van der Waals surface area (Å²) in [5, 5.41) is 9.54. The maximum atomic E-state index is 13.3. The number of carbonyl (C=O) groups is 1. The van der Waals surface area contributed by atoms with Crippen LogP contribution in [-0.2, 0) is 4.79 Å². The summed E-state index contributed by atoms with van der Waals surface area (Å²) in [4.78, 5) is 15.2. The van der Waals surface area contributed by atoms with E-state index in [-0.39, 0.29) is 24.0 Å². The lowest BCUT2D eigenvalue weighted by molar-refractivity contribution is -0.157. The van der Waals surface area contributed by atoms with Crippen LogP contribution < -0.4 is 5.73 Å². The fourth-order valence-electron chi connectivity index (χ4n) is 7.49. The SMILES string of the molecule is C[C@@H]1C2C[C@@H]1CC(C#N)N2C(=O)C(N)C1C2CC3CC(C2)CC1C3. The molecule has 0 aromatic heterocycles. The van der Waals surface area contributed by atoms with E-state index in [1.54, 1.807) is 0 Å². The Bertz CT molecular complexity index is 568. The number of carbonyl (C=O) groups excluding carboxylic acids is 1. The molecule has 5 atom stereocenters. The topological polar surface area (TPSA) is 70.1 Å². The number of amides is 1. The molecule has 0 spiro atoms. The second kappa shape index (κ2) is 5.21. The van der Waals surface area contributed by atoms with Crippen molar-refractivity contribution in [1.82, 2.24) is 4.90 Å². The molecule has 130 valence electrons. The van der Waals surface area contributed by atoms with Crippen molar-refractivity contribution in [2.75, 3.05) is 0 Å². The van der Waals surface area contributed by atoms with E-state index in [4.69, 9.17) is 5.73 Å². The van der Waals surface area contributed by atoms with Gasteiger partial charge in [0.15, 0.2) is 0 Å². The number of hydrogen-bond donors (Lipinski definition) is 1. The zero-order chi connectivity index (χ0) is 16.6. The molecule has 0 aromatic rings. The van der Waals surface area contributed by atoms with E-state index in [1.165, 1.54) is 32.1 Å². The molecule has 4 heteroatoms. The van der Waals surface area contributed by atoms with Crippen molar-refractivity contribution in [2.45, 2.75) is 70.0 Å². The summed E-state index contributed by atoms with van der Waals surface area (Å²) in [7, 11) is 0. The maximum absolute atomic E-state index is 13.3. The second-order valence-electron chi connectivity index (χ2n) is 9.58. The molecule has 7 fully saturated rings. The van der Waals surface area contributed by atoms with Gasteiger partial charge in [0.1, 0.15) is 6.04 Å². The number of nitrogens with two attached hydrogens (primary N) is 1. The van der Waals surface area contributed by atoms with E-state index in [9.17, 15) is 10.1 Å². The maximum Gasteiger partial charge on any atom is 0.241 e. The summed E-state index contributed by atoms with van der Waals surface area (Å²) < 4.78 is 0. The fraction of sp³-hybridized carbons (Fsp3) is 0.900. The molecule has 2 heterocycles. The van der Waals surface area contributed by atoms with Gasteiger partial charge in [0.05, 0.1) is 12.1 Å². The molecule has 2 aliphatic heterocycles. The lowest BCUT2D eigenvalue weighted by Gasteiger charge is -2.59. The average molecular weight is 327 g/mol. The lowest BCUT2D eigenvalue weighted by Crippen LogP contribution is -2.67. The monoisotopic (exact) mass is 327 g/mol. The summed E-state index contributed by atoms with van der Waals surface area (Å²) in [6.45, 7) is 2.24. The molecule has 2 N–H and O–H groups in total. The van der Waals surface area contributed by atoms with Gasteiger partial charge >= 0.3 is 0 Å². The first kappa shape index (κ1) is 15.2. The summed E-state index contributed by atoms with van der Waals surface area (Å²) in [6, 6.07) is 2.04. The number of fused-ring (bicyclic) bond motifs is 2. The van der Waals surface area contributed by atoms with Crippen LogP contribution in [0.5, 0.6) is 0 Å². The largest absolute Gasteiger partial charge is 0.322 e. The molecule has 4 nitrogen and oxygen atoms in total. The third-order valence-corrected chi connectivity index (χ3v) is 8.52. The molecule has 3 unspecified atom stereocenters. The highest BCUT2D eigenvalue weighted by Crippen LogP contribution is 2.57. The Hall–Kier alpha value is -1.08. The van der Waals surface area contributed by atoms with Crippen LogP contribution >= 0.6 is 0 Å². The standard InChI is InChI=1S/C20H29N3O/c1-10-13-7-16(9-21)23(17(10)8-13)20(24)19(22)18-14-3-11-2-12(5-14)6-15(18)4-11/h10-19H,2-8,22H2,1H3/t10-,11?,12?,13-,14?,15?,16?,17?,18?,19?/m0/s1. The molecule has 7 aliphatic rings. The van der Waals surface area contributed by atoms with Crippen LogP contribution in [0.4, 0.5) is 0 Å². The van der Waals surface area contributed by atoms with Crippen LogP contribution in [0, 0.1) is 52.8 Å². The van der Waals surface area contributed by atoms with Crippen LogP contribution in [0.2, 0.25) is 0 Å². The number of rotatable bonds is 2. The van der Waals surface area contributed by atoms with Crippen molar-refractivity contribution in [3.63, 3.8) is 0 Å². The van der Waals surface area contributed by atoms with Gasteiger partial charge in [0, 0.05) is 6.04 Å². The summed E-state index contributed by atoms with van der Waals surface area (Å²) in [5.74, 6) is 4.78. The van der Waals surface area contributed by atoms with E-state index in [0.717, 1.165) is 24.7 Å². The molecular formula is C20H29N3O. The van der Waals surface area contributed by atoms with Gasteiger partial charge in [0.25, 0.3) is 0 Å². The minimum Gasteiger partial charge on any atom is -0.322 e. The van der Waals surface area contributed by atoms with Gasteiger partial charge in [0.2, 0.25) is 5.91 Å². The van der Waals surface area contributed by atoms with Crippen LogP contribution in [0.15, 0.2) is 0 Å². The Morgan fingerprint density at radius 3 is 2.21 bits per heavy atom. The van der Waals surface area contributed by atoms with Gasteiger partial charge in [-0.1, -0.05) is 6.92 Å². The van der Waals surface area contributed by atoms with Gasteiger partial charge < -0.3 is 10.6 Å².